The van der Waals surface area contributed by atoms with E-state index in [-0.39, 0.29) is 0 Å². The fourth-order valence-corrected chi connectivity index (χ4v) is 3.70. The average Bonchev–Trinajstić information content (AvgIpc) is 3.09. The van der Waals surface area contributed by atoms with Crippen LogP contribution in [0.2, 0.25) is 0 Å². The predicted octanol–water partition coefficient (Wildman–Crippen LogP) is 3.86. The minimum absolute atomic E-state index is 0.498. The van der Waals surface area contributed by atoms with Crippen LogP contribution >= 0.6 is 11.8 Å². The Kier molecular flexibility index (Phi) is 3.57. The van der Waals surface area contributed by atoms with Crippen LogP contribution in [0.4, 0.5) is 0 Å². The highest BCUT2D eigenvalue weighted by atomic mass is 32.2. The second kappa shape index (κ2) is 5.20. The Morgan fingerprint density at radius 1 is 1.32 bits per heavy atom. The van der Waals surface area contributed by atoms with Gasteiger partial charge in [0, 0.05) is 6.54 Å². The van der Waals surface area contributed by atoms with E-state index in [9.17, 15) is 0 Å². The second-order valence-corrected chi connectivity index (χ2v) is 7.23. The molecule has 0 saturated heterocycles. The molecule has 102 valence electrons. The number of amidine groups is 1. The zero-order chi connectivity index (χ0) is 13.3. The third-order valence-corrected chi connectivity index (χ3v) is 5.74. The van der Waals surface area contributed by atoms with Crippen LogP contribution < -0.4 is 5.32 Å². The van der Waals surface area contributed by atoms with Gasteiger partial charge in [-0.1, -0.05) is 55.9 Å². The highest BCUT2D eigenvalue weighted by molar-refractivity contribution is 8.14. The summed E-state index contributed by atoms with van der Waals surface area (Å²) >= 11 is 1.88. The lowest BCUT2D eigenvalue weighted by Crippen LogP contribution is -2.30. The van der Waals surface area contributed by atoms with Crippen LogP contribution in [0.5, 0.6) is 0 Å². The number of hydrogen-bond donors (Lipinski definition) is 1. The molecule has 19 heavy (non-hydrogen) atoms. The summed E-state index contributed by atoms with van der Waals surface area (Å²) < 4.78 is 0. The number of thioether (sulfide) groups is 1. The highest BCUT2D eigenvalue weighted by Crippen LogP contribution is 2.51. The van der Waals surface area contributed by atoms with Crippen LogP contribution in [0.25, 0.3) is 0 Å². The first-order chi connectivity index (χ1) is 9.20. The number of nitrogens with one attached hydrogen (secondary N) is 1. The summed E-state index contributed by atoms with van der Waals surface area (Å²) in [6, 6.07) is 10.7. The number of aliphatic imine (C=N–C) groups is 1. The summed E-state index contributed by atoms with van der Waals surface area (Å²) in [5, 5.41) is 5.22. The molecule has 3 heteroatoms. The van der Waals surface area contributed by atoms with Gasteiger partial charge in [0.15, 0.2) is 5.17 Å². The monoisotopic (exact) mass is 274 g/mol. The first-order valence-electron chi connectivity index (χ1n) is 7.19. The zero-order valence-electron chi connectivity index (χ0n) is 11.7. The van der Waals surface area contributed by atoms with Gasteiger partial charge in [-0.15, -0.1) is 0 Å². The Morgan fingerprint density at radius 2 is 2.05 bits per heavy atom. The predicted molar refractivity (Wildman–Crippen MR) is 83.6 cm³/mol. The highest BCUT2D eigenvalue weighted by Gasteiger charge is 2.45. The molecule has 1 atom stereocenters. The largest absolute Gasteiger partial charge is 0.364 e. The van der Waals surface area contributed by atoms with Crippen molar-refractivity contribution in [2.24, 2.45) is 16.3 Å². The van der Waals surface area contributed by atoms with Gasteiger partial charge in [0.25, 0.3) is 0 Å². The zero-order valence-corrected chi connectivity index (χ0v) is 12.5. The minimum Gasteiger partial charge on any atom is -0.364 e. The second-order valence-electron chi connectivity index (χ2n) is 6.03. The van der Waals surface area contributed by atoms with Crippen LogP contribution in [0.1, 0.15) is 37.5 Å². The van der Waals surface area contributed by atoms with Crippen LogP contribution in [-0.4, -0.2) is 18.3 Å². The van der Waals surface area contributed by atoms with Gasteiger partial charge in [0.2, 0.25) is 0 Å². The molecule has 1 fully saturated rings. The van der Waals surface area contributed by atoms with Gasteiger partial charge in [-0.3, -0.25) is 4.99 Å². The van der Waals surface area contributed by atoms with Crippen molar-refractivity contribution in [3.8, 4) is 0 Å². The Labute approximate surface area is 120 Å². The standard InChI is InChI=1S/C16H22N2S/c1-12(2)16(8-9-16)11-18-15-17-10-14(19-15)13-6-4-3-5-7-13/h3-7,12,14H,8-11H2,1-2H3,(H,17,18). The van der Waals surface area contributed by atoms with Gasteiger partial charge >= 0.3 is 0 Å². The normalized spacial score (nSPS) is 24.4. The van der Waals surface area contributed by atoms with Crippen molar-refractivity contribution in [1.82, 2.24) is 5.32 Å². The molecular weight excluding hydrogens is 252 g/mol. The Bertz CT molecular complexity index is 463. The van der Waals surface area contributed by atoms with Crippen molar-refractivity contribution in [1.29, 1.82) is 0 Å². The maximum Gasteiger partial charge on any atom is 0.157 e. The van der Waals surface area contributed by atoms with E-state index in [1.807, 2.05) is 11.8 Å². The third kappa shape index (κ3) is 2.81. The van der Waals surface area contributed by atoms with E-state index >= 15 is 0 Å². The van der Waals surface area contributed by atoms with Crippen molar-refractivity contribution in [2.75, 3.05) is 13.1 Å². The van der Waals surface area contributed by atoms with Crippen molar-refractivity contribution < 1.29 is 0 Å². The van der Waals surface area contributed by atoms with Gasteiger partial charge in [0.1, 0.15) is 0 Å². The number of hydrogen-bond acceptors (Lipinski definition) is 3. The quantitative estimate of drug-likeness (QED) is 0.901. The molecule has 1 aliphatic carbocycles. The summed E-state index contributed by atoms with van der Waals surface area (Å²) in [7, 11) is 0. The summed E-state index contributed by atoms with van der Waals surface area (Å²) in [5.41, 5.74) is 1.94. The van der Waals surface area contributed by atoms with Crippen molar-refractivity contribution in [3.05, 3.63) is 35.9 Å². The van der Waals surface area contributed by atoms with Gasteiger partial charge in [-0.2, -0.15) is 0 Å². The molecule has 0 amide bonds. The van der Waals surface area contributed by atoms with Crippen molar-refractivity contribution >= 4 is 16.9 Å². The Balaban J connectivity index is 1.52. The van der Waals surface area contributed by atoms with E-state index in [1.54, 1.807) is 0 Å². The Morgan fingerprint density at radius 3 is 2.68 bits per heavy atom. The van der Waals surface area contributed by atoms with Crippen LogP contribution in [0.15, 0.2) is 35.3 Å². The molecule has 1 N–H and O–H groups in total. The fourth-order valence-electron chi connectivity index (χ4n) is 2.68. The van der Waals surface area contributed by atoms with E-state index in [1.165, 1.54) is 18.4 Å². The summed E-state index contributed by atoms with van der Waals surface area (Å²) in [6.07, 6.45) is 2.75. The maximum absolute atomic E-state index is 4.65. The van der Waals surface area contributed by atoms with Crippen LogP contribution in [-0.2, 0) is 0 Å². The van der Waals surface area contributed by atoms with Gasteiger partial charge in [0.05, 0.1) is 11.8 Å². The SMILES string of the molecule is CC(C)C1(CNC2=NCC(c3ccccc3)S2)CC1. The van der Waals surface area contributed by atoms with Crippen molar-refractivity contribution in [2.45, 2.75) is 31.9 Å². The molecule has 1 aromatic carbocycles. The molecule has 2 aliphatic rings. The number of rotatable bonds is 4. The Hall–Kier alpha value is -0.960. The van der Waals surface area contributed by atoms with E-state index in [2.05, 4.69) is 54.5 Å². The summed E-state index contributed by atoms with van der Waals surface area (Å²) in [6.45, 7) is 6.68. The molecule has 3 rings (SSSR count). The van der Waals surface area contributed by atoms with Gasteiger partial charge in [-0.05, 0) is 29.7 Å². The molecule has 0 bridgehead atoms. The van der Waals surface area contributed by atoms with E-state index in [0.717, 1.165) is 24.2 Å². The number of nitrogens with zero attached hydrogens (tertiary/aromatic N) is 1. The summed E-state index contributed by atoms with van der Waals surface area (Å²) in [5.74, 6) is 0.775. The first-order valence-corrected chi connectivity index (χ1v) is 8.07. The van der Waals surface area contributed by atoms with E-state index in [4.69, 9.17) is 0 Å². The van der Waals surface area contributed by atoms with Crippen LogP contribution in [0.3, 0.4) is 0 Å². The number of benzene rings is 1. The molecule has 1 heterocycles. The lowest BCUT2D eigenvalue weighted by Gasteiger charge is -2.20. The van der Waals surface area contributed by atoms with Gasteiger partial charge < -0.3 is 5.32 Å². The maximum atomic E-state index is 4.65. The molecule has 1 aromatic rings. The third-order valence-electron chi connectivity index (χ3n) is 4.53. The summed E-state index contributed by atoms with van der Waals surface area (Å²) in [4.78, 5) is 4.65. The average molecular weight is 274 g/mol. The van der Waals surface area contributed by atoms with Crippen molar-refractivity contribution in [3.63, 3.8) is 0 Å². The van der Waals surface area contributed by atoms with Crippen LogP contribution in [0, 0.1) is 11.3 Å². The molecule has 0 radical (unpaired) electrons. The fraction of sp³-hybridized carbons (Fsp3) is 0.562. The molecule has 1 saturated carbocycles. The first kappa shape index (κ1) is 13.0. The lowest BCUT2D eigenvalue weighted by molar-refractivity contribution is 0.358. The molecule has 1 aliphatic heterocycles. The smallest absolute Gasteiger partial charge is 0.157 e. The molecule has 2 nitrogen and oxygen atoms in total. The molecule has 1 unspecified atom stereocenters. The minimum atomic E-state index is 0.498. The van der Waals surface area contributed by atoms with E-state index in [0.29, 0.717) is 10.7 Å². The molecule has 0 spiro atoms. The molecule has 0 aromatic heterocycles. The lowest BCUT2D eigenvalue weighted by atomic mass is 9.92. The topological polar surface area (TPSA) is 24.4 Å². The van der Waals surface area contributed by atoms with Gasteiger partial charge in [-0.25, -0.2) is 0 Å². The van der Waals surface area contributed by atoms with E-state index < -0.39 is 0 Å². The molecular formula is C16H22N2S.